The van der Waals surface area contributed by atoms with Gasteiger partial charge < -0.3 is 10.6 Å². The highest BCUT2D eigenvalue weighted by molar-refractivity contribution is 14.1. The molecule has 2 N–H and O–H groups in total. The van der Waals surface area contributed by atoms with Gasteiger partial charge >= 0.3 is 0 Å². The molecule has 8 heteroatoms. The number of rotatable bonds is 3. The van der Waals surface area contributed by atoms with Crippen LogP contribution in [-0.4, -0.2) is 28.7 Å². The van der Waals surface area contributed by atoms with Gasteiger partial charge in [0.15, 0.2) is 0 Å². The van der Waals surface area contributed by atoms with Crippen LogP contribution in [0.5, 0.6) is 0 Å². The van der Waals surface area contributed by atoms with Gasteiger partial charge in [0.25, 0.3) is 5.56 Å². The van der Waals surface area contributed by atoms with E-state index in [2.05, 4.69) is 33.6 Å². The normalized spacial score (nSPS) is 17.2. The van der Waals surface area contributed by atoms with Crippen molar-refractivity contribution in [1.29, 1.82) is 5.26 Å². The van der Waals surface area contributed by atoms with Gasteiger partial charge in [0.1, 0.15) is 4.70 Å². The first-order chi connectivity index (χ1) is 13.1. The molecule has 0 saturated carbocycles. The standard InChI is InChI=1S/C19H18IN5OS/c20-16-8-15-17(27-16)18(26)25(10-13-5-2-1-4-12(13)9-21)19(23-15)24-7-3-6-14(22)11-24/h1-2,4-5,8,14H,3,6-7,10-11,22H2/t14-/m1/s1. The lowest BCUT2D eigenvalue weighted by Gasteiger charge is -2.33. The summed E-state index contributed by atoms with van der Waals surface area (Å²) >= 11 is 3.67. The Morgan fingerprint density at radius 1 is 1.41 bits per heavy atom. The van der Waals surface area contributed by atoms with Gasteiger partial charge in [-0.1, -0.05) is 18.2 Å². The minimum absolute atomic E-state index is 0.0604. The highest BCUT2D eigenvalue weighted by atomic mass is 127. The lowest BCUT2D eigenvalue weighted by molar-refractivity contribution is 0.492. The summed E-state index contributed by atoms with van der Waals surface area (Å²) < 4.78 is 3.38. The zero-order valence-electron chi connectivity index (χ0n) is 14.6. The molecule has 2 aromatic heterocycles. The first-order valence-corrected chi connectivity index (χ1v) is 10.6. The Balaban J connectivity index is 1.88. The van der Waals surface area contributed by atoms with Crippen molar-refractivity contribution in [3.63, 3.8) is 0 Å². The smallest absolute Gasteiger partial charge is 0.273 e. The van der Waals surface area contributed by atoms with Crippen LogP contribution in [0.4, 0.5) is 5.95 Å². The Kier molecular flexibility index (Phi) is 5.16. The van der Waals surface area contributed by atoms with E-state index in [0.717, 1.165) is 33.4 Å². The maximum atomic E-state index is 13.3. The van der Waals surface area contributed by atoms with Crippen molar-refractivity contribution in [3.05, 3.63) is 54.7 Å². The summed E-state index contributed by atoms with van der Waals surface area (Å²) in [6, 6.07) is 11.6. The zero-order chi connectivity index (χ0) is 19.0. The van der Waals surface area contributed by atoms with Crippen molar-refractivity contribution < 1.29 is 0 Å². The van der Waals surface area contributed by atoms with E-state index >= 15 is 0 Å². The van der Waals surface area contributed by atoms with Crippen LogP contribution in [0.3, 0.4) is 0 Å². The number of hydrogen-bond donors (Lipinski definition) is 1. The van der Waals surface area contributed by atoms with E-state index in [1.165, 1.54) is 11.3 Å². The predicted molar refractivity (Wildman–Crippen MR) is 116 cm³/mol. The quantitative estimate of drug-likeness (QED) is 0.570. The summed E-state index contributed by atoms with van der Waals surface area (Å²) in [5, 5.41) is 9.41. The van der Waals surface area contributed by atoms with Crippen molar-refractivity contribution in [2.45, 2.75) is 25.4 Å². The number of halogens is 1. The van der Waals surface area contributed by atoms with Gasteiger partial charge in [-0.25, -0.2) is 4.98 Å². The number of aromatic nitrogens is 2. The molecule has 1 saturated heterocycles. The van der Waals surface area contributed by atoms with Crippen LogP contribution < -0.4 is 16.2 Å². The number of nitrogens with two attached hydrogens (primary N) is 1. The summed E-state index contributed by atoms with van der Waals surface area (Å²) in [6.45, 7) is 1.83. The maximum absolute atomic E-state index is 13.3. The van der Waals surface area contributed by atoms with Crippen LogP contribution in [0.2, 0.25) is 0 Å². The number of anilines is 1. The Hall–Kier alpha value is -1.96. The van der Waals surface area contributed by atoms with Crippen LogP contribution in [0, 0.1) is 14.2 Å². The van der Waals surface area contributed by atoms with Gasteiger partial charge in [-0.3, -0.25) is 9.36 Å². The SMILES string of the molecule is N#Cc1ccccc1Cn1c(N2CCC[C@@H](N)C2)nc2cc(I)sc2c1=O. The van der Waals surface area contributed by atoms with E-state index in [1.807, 2.05) is 24.3 Å². The molecule has 0 amide bonds. The Morgan fingerprint density at radius 3 is 3.00 bits per heavy atom. The summed E-state index contributed by atoms with van der Waals surface area (Å²) in [5.41, 5.74) is 8.23. The molecule has 1 fully saturated rings. The van der Waals surface area contributed by atoms with Crippen molar-refractivity contribution in [3.8, 4) is 6.07 Å². The first-order valence-electron chi connectivity index (χ1n) is 8.75. The van der Waals surface area contributed by atoms with E-state index in [1.54, 1.807) is 10.6 Å². The van der Waals surface area contributed by atoms with E-state index in [-0.39, 0.29) is 11.6 Å². The summed E-state index contributed by atoms with van der Waals surface area (Å²) in [6.07, 6.45) is 1.96. The summed E-state index contributed by atoms with van der Waals surface area (Å²) in [4.78, 5) is 20.2. The molecule has 0 radical (unpaired) electrons. The number of piperidine rings is 1. The van der Waals surface area contributed by atoms with Gasteiger partial charge in [-0.2, -0.15) is 5.26 Å². The molecule has 6 nitrogen and oxygen atoms in total. The second-order valence-electron chi connectivity index (χ2n) is 6.69. The largest absolute Gasteiger partial charge is 0.341 e. The minimum atomic E-state index is -0.0604. The number of nitriles is 1. The van der Waals surface area contributed by atoms with Crippen LogP contribution in [-0.2, 0) is 6.54 Å². The van der Waals surface area contributed by atoms with Crippen LogP contribution in [0.1, 0.15) is 24.0 Å². The molecule has 0 aliphatic carbocycles. The van der Waals surface area contributed by atoms with E-state index in [9.17, 15) is 10.1 Å². The molecule has 1 aromatic carbocycles. The monoisotopic (exact) mass is 491 g/mol. The number of hydrogen-bond acceptors (Lipinski definition) is 6. The molecule has 0 bridgehead atoms. The van der Waals surface area contributed by atoms with E-state index < -0.39 is 0 Å². The average molecular weight is 491 g/mol. The fourth-order valence-electron chi connectivity index (χ4n) is 3.48. The molecule has 4 rings (SSSR count). The molecule has 138 valence electrons. The highest BCUT2D eigenvalue weighted by Crippen LogP contribution is 2.26. The fourth-order valence-corrected chi connectivity index (χ4v) is 5.21. The molecular weight excluding hydrogens is 473 g/mol. The molecule has 1 aliphatic rings. The van der Waals surface area contributed by atoms with Crippen LogP contribution in [0.15, 0.2) is 35.1 Å². The van der Waals surface area contributed by atoms with E-state index in [0.29, 0.717) is 29.3 Å². The lowest BCUT2D eigenvalue weighted by atomic mass is 10.1. The third-order valence-electron chi connectivity index (χ3n) is 4.79. The van der Waals surface area contributed by atoms with Crippen LogP contribution >= 0.6 is 33.9 Å². The average Bonchev–Trinajstić information content (AvgIpc) is 3.05. The second-order valence-corrected chi connectivity index (χ2v) is 9.63. The van der Waals surface area contributed by atoms with Gasteiger partial charge in [0, 0.05) is 19.1 Å². The Labute approximate surface area is 174 Å². The van der Waals surface area contributed by atoms with Gasteiger partial charge in [-0.05, 0) is 53.1 Å². The number of nitrogens with zero attached hydrogens (tertiary/aromatic N) is 4. The topological polar surface area (TPSA) is 87.9 Å². The van der Waals surface area contributed by atoms with Gasteiger partial charge in [0.2, 0.25) is 5.95 Å². The van der Waals surface area contributed by atoms with Gasteiger partial charge in [-0.15, -0.1) is 11.3 Å². The molecule has 27 heavy (non-hydrogen) atoms. The minimum Gasteiger partial charge on any atom is -0.341 e. The Morgan fingerprint density at radius 2 is 2.22 bits per heavy atom. The number of fused-ring (bicyclic) bond motifs is 1. The summed E-state index contributed by atoms with van der Waals surface area (Å²) in [7, 11) is 0. The molecular formula is C19H18IN5OS. The number of thiophene rings is 1. The van der Waals surface area contributed by atoms with Crippen molar-refractivity contribution in [1.82, 2.24) is 9.55 Å². The van der Waals surface area contributed by atoms with Crippen LogP contribution in [0.25, 0.3) is 10.2 Å². The third kappa shape index (κ3) is 3.59. The predicted octanol–water partition coefficient (Wildman–Crippen LogP) is 2.91. The van der Waals surface area contributed by atoms with Crippen molar-refractivity contribution in [2.24, 2.45) is 5.73 Å². The molecule has 3 heterocycles. The molecule has 3 aromatic rings. The third-order valence-corrected chi connectivity index (χ3v) is 6.66. The summed E-state index contributed by atoms with van der Waals surface area (Å²) in [5.74, 6) is 0.643. The molecule has 1 aliphatic heterocycles. The second kappa shape index (κ2) is 7.58. The Bertz CT molecular complexity index is 1100. The lowest BCUT2D eigenvalue weighted by Crippen LogP contribution is -2.45. The maximum Gasteiger partial charge on any atom is 0.273 e. The zero-order valence-corrected chi connectivity index (χ0v) is 17.5. The first kappa shape index (κ1) is 18.4. The fraction of sp³-hybridized carbons (Fsp3) is 0.316. The van der Waals surface area contributed by atoms with Crippen molar-refractivity contribution in [2.75, 3.05) is 18.0 Å². The van der Waals surface area contributed by atoms with E-state index in [4.69, 9.17) is 10.7 Å². The molecule has 0 spiro atoms. The number of benzene rings is 1. The highest BCUT2D eigenvalue weighted by Gasteiger charge is 2.23. The molecule has 0 unspecified atom stereocenters. The van der Waals surface area contributed by atoms with Crippen molar-refractivity contribution >= 4 is 50.1 Å². The van der Waals surface area contributed by atoms with Gasteiger partial charge in [0.05, 0.1) is 26.6 Å². The molecule has 1 atom stereocenters.